The third kappa shape index (κ3) is 3.46. The van der Waals surface area contributed by atoms with Crippen LogP contribution >= 0.6 is 0 Å². The van der Waals surface area contributed by atoms with Crippen LogP contribution in [0.1, 0.15) is 19.3 Å². The van der Waals surface area contributed by atoms with Crippen LogP contribution in [-0.2, 0) is 9.53 Å². The smallest absolute Gasteiger partial charge is 0.225 e. The van der Waals surface area contributed by atoms with E-state index in [0.29, 0.717) is 18.4 Å². The number of amides is 1. The van der Waals surface area contributed by atoms with E-state index in [1.54, 1.807) is 7.11 Å². The maximum absolute atomic E-state index is 12.2. The van der Waals surface area contributed by atoms with E-state index in [0.717, 1.165) is 26.1 Å². The molecule has 2 fully saturated rings. The fourth-order valence-corrected chi connectivity index (χ4v) is 3.57. The molecular weight excluding hydrogens is 242 g/mol. The van der Waals surface area contributed by atoms with Gasteiger partial charge >= 0.3 is 0 Å². The molecule has 2 rings (SSSR count). The third-order valence-corrected chi connectivity index (χ3v) is 4.75. The van der Waals surface area contributed by atoms with E-state index < -0.39 is 0 Å². The number of hydrogen-bond donors (Lipinski definition) is 2. The largest absolute Gasteiger partial charge is 0.383 e. The second-order valence-electron chi connectivity index (χ2n) is 6.02. The number of nitrogens with one attached hydrogen (secondary N) is 1. The van der Waals surface area contributed by atoms with Crippen molar-refractivity contribution in [3.8, 4) is 0 Å². The normalized spacial score (nSPS) is 33.1. The second kappa shape index (κ2) is 6.68. The highest BCUT2D eigenvalue weighted by atomic mass is 16.5. The molecule has 2 bridgehead atoms. The van der Waals surface area contributed by atoms with Gasteiger partial charge in [0.15, 0.2) is 0 Å². The van der Waals surface area contributed by atoms with E-state index in [1.165, 1.54) is 12.8 Å². The Hall–Kier alpha value is -0.650. The Labute approximate surface area is 115 Å². The molecule has 5 nitrogen and oxygen atoms in total. The fraction of sp³-hybridized carbons (Fsp3) is 0.929. The third-order valence-electron chi connectivity index (χ3n) is 4.75. The first-order chi connectivity index (χ1) is 9.13. The number of ether oxygens (including phenoxy) is 1. The van der Waals surface area contributed by atoms with E-state index in [-0.39, 0.29) is 17.9 Å². The van der Waals surface area contributed by atoms with Crippen molar-refractivity contribution in [3.63, 3.8) is 0 Å². The molecule has 0 aromatic carbocycles. The molecular formula is C14H27N3O2. The van der Waals surface area contributed by atoms with Gasteiger partial charge in [-0.25, -0.2) is 0 Å². The van der Waals surface area contributed by atoms with Gasteiger partial charge in [0.05, 0.1) is 12.5 Å². The van der Waals surface area contributed by atoms with Crippen molar-refractivity contribution in [2.45, 2.75) is 25.3 Å². The molecule has 110 valence electrons. The molecule has 0 heterocycles. The molecule has 1 amide bonds. The molecule has 0 spiro atoms. The molecule has 0 radical (unpaired) electrons. The molecule has 19 heavy (non-hydrogen) atoms. The first-order valence-corrected chi connectivity index (χ1v) is 7.34. The Morgan fingerprint density at radius 3 is 2.74 bits per heavy atom. The number of methoxy groups -OCH3 is 1. The average molecular weight is 269 g/mol. The van der Waals surface area contributed by atoms with Crippen molar-refractivity contribution < 1.29 is 9.53 Å². The molecule has 4 unspecified atom stereocenters. The predicted molar refractivity (Wildman–Crippen MR) is 74.7 cm³/mol. The topological polar surface area (TPSA) is 67.6 Å². The van der Waals surface area contributed by atoms with Crippen LogP contribution in [0.3, 0.4) is 0 Å². The predicted octanol–water partition coefficient (Wildman–Crippen LogP) is 0.0542. The molecule has 0 aliphatic heterocycles. The molecule has 3 N–H and O–H groups in total. The Balaban J connectivity index is 1.67. The van der Waals surface area contributed by atoms with Gasteiger partial charge in [0, 0.05) is 32.8 Å². The average Bonchev–Trinajstić information content (AvgIpc) is 2.96. The highest BCUT2D eigenvalue weighted by Gasteiger charge is 2.48. The van der Waals surface area contributed by atoms with Crippen molar-refractivity contribution in [1.82, 2.24) is 10.2 Å². The van der Waals surface area contributed by atoms with Gasteiger partial charge in [-0.2, -0.15) is 0 Å². The summed E-state index contributed by atoms with van der Waals surface area (Å²) in [6.07, 6.45) is 3.56. The number of rotatable bonds is 7. The van der Waals surface area contributed by atoms with Crippen LogP contribution in [0.4, 0.5) is 0 Å². The van der Waals surface area contributed by atoms with Gasteiger partial charge in [0.25, 0.3) is 0 Å². The van der Waals surface area contributed by atoms with Gasteiger partial charge in [-0.05, 0) is 38.1 Å². The highest BCUT2D eigenvalue weighted by Crippen LogP contribution is 2.47. The summed E-state index contributed by atoms with van der Waals surface area (Å²) in [5, 5.41) is 3.05. The van der Waals surface area contributed by atoms with Crippen molar-refractivity contribution in [3.05, 3.63) is 0 Å². The van der Waals surface area contributed by atoms with Crippen LogP contribution in [0.25, 0.3) is 0 Å². The van der Waals surface area contributed by atoms with Gasteiger partial charge in [0.2, 0.25) is 5.91 Å². The number of nitrogens with two attached hydrogens (primary N) is 1. The number of nitrogens with zero attached hydrogens (tertiary/aromatic N) is 1. The Morgan fingerprint density at radius 1 is 1.37 bits per heavy atom. The maximum Gasteiger partial charge on any atom is 0.225 e. The van der Waals surface area contributed by atoms with Crippen molar-refractivity contribution >= 4 is 5.91 Å². The molecule has 2 aliphatic rings. The number of likely N-dealkylation sites (N-methyl/N-ethyl adjacent to an activating group) is 1. The van der Waals surface area contributed by atoms with E-state index in [9.17, 15) is 4.79 Å². The minimum absolute atomic E-state index is 0.0584. The summed E-state index contributed by atoms with van der Waals surface area (Å²) in [6.45, 7) is 3.16. The van der Waals surface area contributed by atoms with E-state index in [1.807, 2.05) is 7.05 Å². The summed E-state index contributed by atoms with van der Waals surface area (Å²) >= 11 is 0. The lowest BCUT2D eigenvalue weighted by Crippen LogP contribution is -2.46. The van der Waals surface area contributed by atoms with Gasteiger partial charge in [-0.1, -0.05) is 0 Å². The van der Waals surface area contributed by atoms with Gasteiger partial charge in [0.1, 0.15) is 0 Å². The first kappa shape index (κ1) is 14.8. The molecule has 0 aromatic heterocycles. The van der Waals surface area contributed by atoms with Crippen LogP contribution in [0, 0.1) is 17.8 Å². The zero-order valence-corrected chi connectivity index (χ0v) is 12.1. The van der Waals surface area contributed by atoms with E-state index >= 15 is 0 Å². The van der Waals surface area contributed by atoms with Gasteiger partial charge < -0.3 is 20.7 Å². The summed E-state index contributed by atoms with van der Waals surface area (Å²) in [7, 11) is 3.74. The summed E-state index contributed by atoms with van der Waals surface area (Å²) in [4.78, 5) is 14.4. The summed E-state index contributed by atoms with van der Waals surface area (Å²) in [5.41, 5.74) is 6.17. The second-order valence-corrected chi connectivity index (χ2v) is 6.02. The van der Waals surface area contributed by atoms with Crippen LogP contribution in [0.2, 0.25) is 0 Å². The van der Waals surface area contributed by atoms with Crippen LogP contribution in [0.15, 0.2) is 0 Å². The summed E-state index contributed by atoms with van der Waals surface area (Å²) in [6, 6.07) is 0.0879. The Kier molecular flexibility index (Phi) is 5.19. The molecule has 2 aliphatic carbocycles. The molecule has 0 saturated heterocycles. The number of fused-ring (bicyclic) bond motifs is 2. The van der Waals surface area contributed by atoms with Gasteiger partial charge in [-0.3, -0.25) is 4.79 Å². The van der Waals surface area contributed by atoms with E-state index in [2.05, 4.69) is 10.2 Å². The molecule has 4 atom stereocenters. The lowest BCUT2D eigenvalue weighted by Gasteiger charge is -2.27. The van der Waals surface area contributed by atoms with Gasteiger partial charge in [-0.15, -0.1) is 0 Å². The minimum atomic E-state index is 0.0584. The molecule has 5 heteroatoms. The van der Waals surface area contributed by atoms with Crippen LogP contribution < -0.4 is 11.1 Å². The molecule has 2 saturated carbocycles. The quantitative estimate of drug-likeness (QED) is 0.685. The number of hydrogen-bond acceptors (Lipinski definition) is 4. The summed E-state index contributed by atoms with van der Waals surface area (Å²) < 4.78 is 5.02. The zero-order chi connectivity index (χ0) is 13.8. The number of carbonyl (C=O) groups excluding carboxylic acids is 1. The van der Waals surface area contributed by atoms with Crippen molar-refractivity contribution in [1.29, 1.82) is 0 Å². The molecule has 0 aromatic rings. The van der Waals surface area contributed by atoms with E-state index in [4.69, 9.17) is 10.5 Å². The fourth-order valence-electron chi connectivity index (χ4n) is 3.57. The maximum atomic E-state index is 12.2. The lowest BCUT2D eigenvalue weighted by atomic mass is 9.84. The Morgan fingerprint density at radius 2 is 2.11 bits per heavy atom. The Bertz CT molecular complexity index is 309. The van der Waals surface area contributed by atoms with Crippen molar-refractivity contribution in [2.75, 3.05) is 40.4 Å². The lowest BCUT2D eigenvalue weighted by molar-refractivity contribution is -0.127. The SMILES string of the molecule is COCCN(C)CCNC(=O)C1C2CCC(C2)C1N. The van der Waals surface area contributed by atoms with Crippen molar-refractivity contribution in [2.24, 2.45) is 23.5 Å². The highest BCUT2D eigenvalue weighted by molar-refractivity contribution is 5.80. The zero-order valence-electron chi connectivity index (χ0n) is 12.1. The first-order valence-electron chi connectivity index (χ1n) is 7.34. The summed E-state index contributed by atoms with van der Waals surface area (Å²) in [5.74, 6) is 1.35. The monoisotopic (exact) mass is 269 g/mol. The minimum Gasteiger partial charge on any atom is -0.383 e. The standard InChI is InChI=1S/C14H27N3O2/c1-17(7-8-19-2)6-5-16-14(18)12-10-3-4-11(9-10)13(12)15/h10-13H,3-9,15H2,1-2H3,(H,16,18). The van der Waals surface area contributed by atoms with Crippen LogP contribution in [0.5, 0.6) is 0 Å². The number of carbonyl (C=O) groups is 1. The van der Waals surface area contributed by atoms with Crippen LogP contribution in [-0.4, -0.2) is 57.2 Å².